The third kappa shape index (κ3) is 5.96. The molecule has 160 valence electrons. The maximum absolute atomic E-state index is 12.5. The topological polar surface area (TPSA) is 91.3 Å². The number of hydrogen-bond donors (Lipinski definition) is 3. The second-order valence-electron chi connectivity index (χ2n) is 6.92. The summed E-state index contributed by atoms with van der Waals surface area (Å²) in [6, 6.07) is 13.6. The number of aliphatic carboxylic acids is 1. The van der Waals surface area contributed by atoms with Crippen molar-refractivity contribution in [2.45, 2.75) is 25.8 Å². The van der Waals surface area contributed by atoms with Gasteiger partial charge in [-0.25, -0.2) is 4.79 Å². The average Bonchev–Trinajstić information content (AvgIpc) is 2.76. The van der Waals surface area contributed by atoms with E-state index in [4.69, 9.17) is 23.2 Å². The second-order valence-corrected chi connectivity index (χ2v) is 7.73. The van der Waals surface area contributed by atoms with Crippen LogP contribution in [0.15, 0.2) is 60.9 Å². The number of nitrogens with zero attached hydrogens (tertiary/aromatic N) is 1. The predicted molar refractivity (Wildman–Crippen MR) is 123 cm³/mol. The first-order valence-corrected chi connectivity index (χ1v) is 10.4. The van der Waals surface area contributed by atoms with Crippen molar-refractivity contribution in [1.29, 1.82) is 0 Å². The third-order valence-corrected chi connectivity index (χ3v) is 5.32. The molecule has 1 unspecified atom stereocenters. The van der Waals surface area contributed by atoms with Crippen LogP contribution in [0.1, 0.15) is 28.4 Å². The van der Waals surface area contributed by atoms with E-state index in [-0.39, 0.29) is 28.1 Å². The average molecular weight is 458 g/mol. The molecule has 1 amide bonds. The van der Waals surface area contributed by atoms with Gasteiger partial charge in [-0.3, -0.25) is 9.78 Å². The van der Waals surface area contributed by atoms with Crippen molar-refractivity contribution in [2.75, 3.05) is 10.6 Å². The molecule has 1 heterocycles. The molecule has 0 radical (unpaired) electrons. The zero-order valence-electron chi connectivity index (χ0n) is 16.7. The van der Waals surface area contributed by atoms with Crippen LogP contribution in [0, 0.1) is 0 Å². The quantitative estimate of drug-likeness (QED) is 0.426. The number of hydrogen-bond acceptors (Lipinski definition) is 4. The molecular weight excluding hydrogens is 437 g/mol. The summed E-state index contributed by atoms with van der Waals surface area (Å²) in [4.78, 5) is 28.1. The molecule has 31 heavy (non-hydrogen) atoms. The molecule has 3 N–H and O–H groups in total. The summed E-state index contributed by atoms with van der Waals surface area (Å²) in [5.41, 5.74) is 3.38. The van der Waals surface area contributed by atoms with E-state index in [0.717, 1.165) is 17.7 Å². The Morgan fingerprint density at radius 2 is 1.55 bits per heavy atom. The predicted octanol–water partition coefficient (Wildman–Crippen LogP) is 5.31. The fourth-order valence-electron chi connectivity index (χ4n) is 2.98. The lowest BCUT2D eigenvalue weighted by Crippen LogP contribution is -2.31. The molecule has 0 aliphatic rings. The number of pyridine rings is 1. The van der Waals surface area contributed by atoms with Crippen LogP contribution < -0.4 is 10.6 Å². The van der Waals surface area contributed by atoms with Crippen LogP contribution in [0.4, 0.5) is 11.4 Å². The van der Waals surface area contributed by atoms with E-state index in [2.05, 4.69) is 22.5 Å². The first-order valence-electron chi connectivity index (χ1n) is 9.65. The van der Waals surface area contributed by atoms with Crippen LogP contribution in [-0.4, -0.2) is 28.0 Å². The van der Waals surface area contributed by atoms with Crippen LogP contribution in [0.25, 0.3) is 0 Å². The lowest BCUT2D eigenvalue weighted by atomic mass is 10.0. The summed E-state index contributed by atoms with van der Waals surface area (Å²) in [6.07, 6.45) is 3.96. The Morgan fingerprint density at radius 1 is 0.968 bits per heavy atom. The molecule has 2 aromatic carbocycles. The van der Waals surface area contributed by atoms with Gasteiger partial charge in [0.1, 0.15) is 6.04 Å². The molecule has 3 aromatic rings. The molecule has 0 saturated carbocycles. The lowest BCUT2D eigenvalue weighted by molar-refractivity contribution is -0.137. The van der Waals surface area contributed by atoms with Gasteiger partial charge in [0.15, 0.2) is 0 Å². The summed E-state index contributed by atoms with van der Waals surface area (Å²) >= 11 is 12.1. The smallest absolute Gasteiger partial charge is 0.326 e. The fraction of sp³-hybridized carbons (Fsp3) is 0.174. The Bertz CT molecular complexity index is 1050. The van der Waals surface area contributed by atoms with Gasteiger partial charge in [-0.2, -0.15) is 0 Å². The van der Waals surface area contributed by atoms with Crippen molar-refractivity contribution in [3.05, 3.63) is 87.7 Å². The molecule has 0 bridgehead atoms. The number of anilines is 2. The van der Waals surface area contributed by atoms with Gasteiger partial charge in [0.05, 0.1) is 15.7 Å². The number of rotatable bonds is 8. The Hall–Kier alpha value is -3.09. The van der Waals surface area contributed by atoms with Crippen LogP contribution in [-0.2, 0) is 17.6 Å². The van der Waals surface area contributed by atoms with Crippen molar-refractivity contribution in [1.82, 2.24) is 4.98 Å². The minimum absolute atomic E-state index is 0.236. The summed E-state index contributed by atoms with van der Waals surface area (Å²) < 4.78 is 0. The number of amides is 1. The summed E-state index contributed by atoms with van der Waals surface area (Å²) in [6.45, 7) is 2.06. The highest BCUT2D eigenvalue weighted by molar-refractivity contribution is 6.39. The number of carboxylic acids is 1. The third-order valence-electron chi connectivity index (χ3n) is 4.75. The highest BCUT2D eigenvalue weighted by atomic mass is 35.5. The number of halogens is 2. The van der Waals surface area contributed by atoms with Crippen molar-refractivity contribution in [3.8, 4) is 0 Å². The Balaban J connectivity index is 1.67. The van der Waals surface area contributed by atoms with Crippen molar-refractivity contribution < 1.29 is 14.7 Å². The Labute approximate surface area is 190 Å². The van der Waals surface area contributed by atoms with Crippen molar-refractivity contribution >= 4 is 46.5 Å². The van der Waals surface area contributed by atoms with Gasteiger partial charge in [-0.1, -0.05) is 54.4 Å². The van der Waals surface area contributed by atoms with E-state index >= 15 is 0 Å². The molecule has 0 fully saturated rings. The molecular formula is C23H21Cl2N3O3. The van der Waals surface area contributed by atoms with Crippen LogP contribution >= 0.6 is 23.2 Å². The van der Waals surface area contributed by atoms with E-state index in [1.807, 2.05) is 24.3 Å². The van der Waals surface area contributed by atoms with Gasteiger partial charge in [-0.15, -0.1) is 0 Å². The second kappa shape index (κ2) is 10.3. The molecule has 3 rings (SSSR count). The molecule has 0 saturated heterocycles. The van der Waals surface area contributed by atoms with Crippen LogP contribution in [0.2, 0.25) is 10.0 Å². The van der Waals surface area contributed by atoms with E-state index in [1.165, 1.54) is 18.0 Å². The van der Waals surface area contributed by atoms with Gasteiger partial charge in [0.2, 0.25) is 0 Å². The van der Waals surface area contributed by atoms with Gasteiger partial charge < -0.3 is 15.7 Å². The maximum atomic E-state index is 12.5. The molecule has 0 aliphatic carbocycles. The van der Waals surface area contributed by atoms with E-state index in [0.29, 0.717) is 5.56 Å². The number of aromatic nitrogens is 1. The van der Waals surface area contributed by atoms with Gasteiger partial charge in [0.25, 0.3) is 5.91 Å². The summed E-state index contributed by atoms with van der Waals surface area (Å²) in [7, 11) is 0. The minimum atomic E-state index is -0.955. The normalized spacial score (nSPS) is 11.6. The van der Waals surface area contributed by atoms with E-state index < -0.39 is 12.0 Å². The number of nitrogens with one attached hydrogen (secondary N) is 2. The summed E-state index contributed by atoms with van der Waals surface area (Å²) in [5.74, 6) is -1.34. The molecule has 8 heteroatoms. The van der Waals surface area contributed by atoms with Crippen molar-refractivity contribution in [3.63, 3.8) is 0 Å². The SMILES string of the molecule is CCc1ccc(NC(Cc2ccc(C(=O)Nc3c(Cl)cncc3Cl)cc2)C(=O)O)cc1. The number of benzene rings is 2. The zero-order chi connectivity index (χ0) is 22.4. The standard InChI is InChI=1S/C23H21Cl2N3O3/c1-2-14-5-9-17(10-6-14)27-20(23(30)31)11-15-3-7-16(8-4-15)22(29)28-21-18(24)12-26-13-19(21)25/h3-10,12-13,20,27H,2,11H2,1H3,(H,30,31)(H,26,28,29). The number of carbonyl (C=O) groups excluding carboxylic acids is 1. The van der Waals surface area contributed by atoms with Gasteiger partial charge in [0, 0.05) is 30.1 Å². The number of carbonyl (C=O) groups is 2. The minimum Gasteiger partial charge on any atom is -0.480 e. The molecule has 0 spiro atoms. The molecule has 1 atom stereocenters. The van der Waals surface area contributed by atoms with E-state index in [1.54, 1.807) is 24.3 Å². The summed E-state index contributed by atoms with van der Waals surface area (Å²) in [5, 5.41) is 15.8. The molecule has 0 aliphatic heterocycles. The van der Waals surface area contributed by atoms with Crippen molar-refractivity contribution in [2.24, 2.45) is 0 Å². The highest BCUT2D eigenvalue weighted by Crippen LogP contribution is 2.29. The van der Waals surface area contributed by atoms with Crippen LogP contribution in [0.3, 0.4) is 0 Å². The maximum Gasteiger partial charge on any atom is 0.326 e. The molecule has 1 aromatic heterocycles. The first-order chi connectivity index (χ1) is 14.9. The highest BCUT2D eigenvalue weighted by Gasteiger charge is 2.18. The van der Waals surface area contributed by atoms with E-state index in [9.17, 15) is 14.7 Å². The van der Waals surface area contributed by atoms with Crippen LogP contribution in [0.5, 0.6) is 0 Å². The first kappa shape index (κ1) is 22.6. The zero-order valence-corrected chi connectivity index (χ0v) is 18.2. The monoisotopic (exact) mass is 457 g/mol. The Kier molecular flexibility index (Phi) is 7.50. The van der Waals surface area contributed by atoms with Gasteiger partial charge >= 0.3 is 5.97 Å². The Morgan fingerprint density at radius 3 is 2.10 bits per heavy atom. The lowest BCUT2D eigenvalue weighted by Gasteiger charge is -2.16. The largest absolute Gasteiger partial charge is 0.480 e. The number of aryl methyl sites for hydroxylation is 1. The number of carboxylic acid groups (broad SMARTS) is 1. The molecule has 6 nitrogen and oxygen atoms in total. The van der Waals surface area contributed by atoms with Gasteiger partial charge in [-0.05, 0) is 41.8 Å². The fourth-order valence-corrected chi connectivity index (χ4v) is 3.44.